The van der Waals surface area contributed by atoms with Crippen LogP contribution in [-0.4, -0.2) is 12.9 Å². The lowest BCUT2D eigenvalue weighted by Crippen LogP contribution is -2.09. The van der Waals surface area contributed by atoms with Gasteiger partial charge in [-0.3, -0.25) is 4.79 Å². The van der Waals surface area contributed by atoms with Crippen LogP contribution in [0.4, 0.5) is 22.0 Å². The Bertz CT molecular complexity index is 2430. The van der Waals surface area contributed by atoms with Crippen LogP contribution in [-0.2, 0) is 6.18 Å². The molecule has 0 spiro atoms. The summed E-state index contributed by atoms with van der Waals surface area (Å²) >= 11 is 5.86. The van der Waals surface area contributed by atoms with Crippen molar-refractivity contribution in [3.05, 3.63) is 205 Å². The van der Waals surface area contributed by atoms with Gasteiger partial charge >= 0.3 is 6.18 Å². The molecule has 6 rings (SSSR count). The Balaban J connectivity index is 0.000000828. The normalized spacial score (nSPS) is 10.7. The third-order valence-electron chi connectivity index (χ3n) is 11.6. The van der Waals surface area contributed by atoms with Gasteiger partial charge in [0.25, 0.3) is 0 Å². The van der Waals surface area contributed by atoms with Crippen molar-refractivity contribution in [2.24, 2.45) is 0 Å². The summed E-state index contributed by atoms with van der Waals surface area (Å²) in [6.07, 6.45) is -4.24. The molecule has 0 unspecified atom stereocenters. The second-order valence-electron chi connectivity index (χ2n) is 19.4. The van der Waals surface area contributed by atoms with E-state index in [2.05, 4.69) is 100 Å². The topological polar surface area (TPSA) is 26.3 Å². The van der Waals surface area contributed by atoms with Crippen molar-refractivity contribution in [1.82, 2.24) is 0 Å². The molecule has 0 atom stereocenters. The molecule has 2 nitrogen and oxygen atoms in total. The van der Waals surface area contributed by atoms with Crippen LogP contribution in [0.5, 0.6) is 5.75 Å². The van der Waals surface area contributed by atoms with Crippen molar-refractivity contribution >= 4 is 17.4 Å². The molecular formula is C63H84ClF5O2. The molecule has 0 aromatic heterocycles. The largest absolute Gasteiger partial charge is 0.497 e. The SMILES string of the molecule is C.CC(=O)c1cccc(C(C)C)c1.COc1ccc(C(C)C)cc1.Cc1c(C(C)C)cccc1C(F)(F)F.Cc1cc(F)ccc1C(C)C.Cc1ccc(Cl)cc1C(C)C.Cc1ccc(F)cc1C(C)C. The second-order valence-corrected chi connectivity index (χ2v) is 19.8. The summed E-state index contributed by atoms with van der Waals surface area (Å²) in [5, 5.41) is 0.833. The number of carbonyl (C=O) groups is 1. The van der Waals surface area contributed by atoms with E-state index in [0.29, 0.717) is 35.2 Å². The summed E-state index contributed by atoms with van der Waals surface area (Å²) in [4.78, 5) is 11.0. The summed E-state index contributed by atoms with van der Waals surface area (Å²) < 4.78 is 67.8. The van der Waals surface area contributed by atoms with Crippen LogP contribution >= 0.6 is 11.6 Å². The Morgan fingerprint density at radius 3 is 1.38 bits per heavy atom. The number of halogens is 6. The highest BCUT2D eigenvalue weighted by Crippen LogP contribution is 2.35. The van der Waals surface area contributed by atoms with Gasteiger partial charge in [-0.1, -0.05) is 163 Å². The minimum absolute atomic E-state index is 0. The highest BCUT2D eigenvalue weighted by Gasteiger charge is 2.33. The Hall–Kier alpha value is -5.27. The number of ketones is 1. The molecule has 71 heavy (non-hydrogen) atoms. The maximum absolute atomic E-state index is 12.7. The minimum atomic E-state index is -4.24. The zero-order valence-corrected chi connectivity index (χ0v) is 45.9. The molecule has 0 bridgehead atoms. The lowest BCUT2D eigenvalue weighted by Gasteiger charge is -2.15. The molecule has 6 aromatic carbocycles. The number of carbonyl (C=O) groups excluding carboxylic acids is 1. The number of alkyl halides is 3. The van der Waals surface area contributed by atoms with E-state index < -0.39 is 11.7 Å². The summed E-state index contributed by atoms with van der Waals surface area (Å²) in [5.41, 5.74) is 11.2. The van der Waals surface area contributed by atoms with E-state index in [1.54, 1.807) is 32.2 Å². The Labute approximate surface area is 431 Å². The third kappa shape index (κ3) is 23.7. The predicted molar refractivity (Wildman–Crippen MR) is 295 cm³/mol. The first kappa shape index (κ1) is 65.7. The van der Waals surface area contributed by atoms with Gasteiger partial charge in [-0.25, -0.2) is 8.78 Å². The highest BCUT2D eigenvalue weighted by molar-refractivity contribution is 6.30. The van der Waals surface area contributed by atoms with E-state index in [4.69, 9.17) is 16.3 Å². The van der Waals surface area contributed by atoms with Gasteiger partial charge in [-0.2, -0.15) is 13.2 Å². The summed E-state index contributed by atoms with van der Waals surface area (Å²) in [7, 11) is 1.68. The van der Waals surface area contributed by atoms with Crippen molar-refractivity contribution in [3.63, 3.8) is 0 Å². The Kier molecular flexibility index (Phi) is 29.6. The van der Waals surface area contributed by atoms with E-state index in [1.807, 2.05) is 82.3 Å². The zero-order valence-electron chi connectivity index (χ0n) is 45.1. The van der Waals surface area contributed by atoms with Crippen molar-refractivity contribution in [2.75, 3.05) is 7.11 Å². The minimum Gasteiger partial charge on any atom is -0.497 e. The van der Waals surface area contributed by atoms with Crippen LogP contribution in [0.3, 0.4) is 0 Å². The van der Waals surface area contributed by atoms with E-state index in [9.17, 15) is 26.7 Å². The van der Waals surface area contributed by atoms with Gasteiger partial charge in [0, 0.05) is 10.6 Å². The lowest BCUT2D eigenvalue weighted by atomic mass is 9.94. The smallest absolute Gasteiger partial charge is 0.416 e. The average molecular weight is 1000 g/mol. The van der Waals surface area contributed by atoms with Gasteiger partial charge < -0.3 is 4.74 Å². The molecule has 8 heteroatoms. The van der Waals surface area contributed by atoms with Crippen LogP contribution in [0.2, 0.25) is 5.02 Å². The van der Waals surface area contributed by atoms with Crippen LogP contribution in [0.15, 0.2) is 121 Å². The number of methoxy groups -OCH3 is 1. The first-order valence-electron chi connectivity index (χ1n) is 24.2. The number of rotatable bonds is 8. The molecule has 0 aliphatic rings. The standard InChI is InChI=1S/C11H13F3.C11H14O.C10H13Cl.2C10H13F.C10H14O.CH4/c1-7(2)9-5-4-6-10(8(9)3)11(12,13)14;1-8(2)10-5-4-6-11(7-10)9(3)12;1-7(2)10-6-9(11)5-4-8(10)3;1-7(2)10-5-4-9(11)6-8(10)3;1-7(2)10-6-9(11)5-4-8(10)3;1-8(2)9-4-6-10(11-3)7-5-9;/h4-7H,1-3H3;4-8H,1-3H3;3*4-7H,1-3H3;4-8H,1-3H3;1H4. The molecule has 0 amide bonds. The van der Waals surface area contributed by atoms with Gasteiger partial charge in [0.05, 0.1) is 12.7 Å². The molecule has 0 saturated carbocycles. The fraction of sp³-hybridized carbons (Fsp3) is 0.413. The quantitative estimate of drug-likeness (QED) is 0.112. The van der Waals surface area contributed by atoms with Crippen LogP contribution < -0.4 is 4.74 Å². The fourth-order valence-electron chi connectivity index (χ4n) is 7.45. The number of aryl methyl sites for hydroxylation is 3. The van der Waals surface area contributed by atoms with Gasteiger partial charge in [-0.05, 0) is 186 Å². The third-order valence-corrected chi connectivity index (χ3v) is 11.9. The molecule has 0 radical (unpaired) electrons. The zero-order chi connectivity index (χ0) is 53.6. The second kappa shape index (κ2) is 31.9. The molecule has 0 heterocycles. The van der Waals surface area contributed by atoms with Crippen molar-refractivity contribution in [2.45, 2.75) is 167 Å². The number of Topliss-reactive ketones (excluding diaryl/α,β-unsaturated/α-hetero) is 1. The summed E-state index contributed by atoms with van der Waals surface area (Å²) in [6, 6.07) is 36.3. The van der Waals surface area contributed by atoms with Crippen LogP contribution in [0, 0.1) is 39.3 Å². The van der Waals surface area contributed by atoms with E-state index in [1.165, 1.54) is 58.5 Å². The van der Waals surface area contributed by atoms with E-state index >= 15 is 0 Å². The molecular weight excluding hydrogens is 919 g/mol. The maximum atomic E-state index is 12.7. The molecule has 0 fully saturated rings. The summed E-state index contributed by atoms with van der Waals surface area (Å²) in [6.45, 7) is 34.3. The molecule has 6 aromatic rings. The Morgan fingerprint density at radius 2 is 0.958 bits per heavy atom. The van der Waals surface area contributed by atoms with Gasteiger partial charge in [-0.15, -0.1) is 0 Å². The molecule has 0 aliphatic carbocycles. The predicted octanol–water partition coefficient (Wildman–Crippen LogP) is 20.9. The monoisotopic (exact) mass is 1000 g/mol. The average Bonchev–Trinajstić information content (AvgIpc) is 3.28. The van der Waals surface area contributed by atoms with Gasteiger partial charge in [0.1, 0.15) is 17.4 Å². The van der Waals surface area contributed by atoms with Crippen LogP contribution in [0.25, 0.3) is 0 Å². The number of ether oxygens (including phenoxy) is 1. The molecule has 0 N–H and O–H groups in total. The number of benzene rings is 6. The van der Waals surface area contributed by atoms with Crippen molar-refractivity contribution < 1.29 is 31.5 Å². The first-order valence-corrected chi connectivity index (χ1v) is 24.6. The van der Waals surface area contributed by atoms with Crippen molar-refractivity contribution in [3.8, 4) is 5.75 Å². The van der Waals surface area contributed by atoms with Gasteiger partial charge in [0.2, 0.25) is 0 Å². The fourth-order valence-corrected chi connectivity index (χ4v) is 7.63. The van der Waals surface area contributed by atoms with Gasteiger partial charge in [0.15, 0.2) is 5.78 Å². The van der Waals surface area contributed by atoms with Crippen molar-refractivity contribution in [1.29, 1.82) is 0 Å². The maximum Gasteiger partial charge on any atom is 0.416 e. The number of hydrogen-bond acceptors (Lipinski definition) is 2. The van der Waals surface area contributed by atoms with Crippen LogP contribution in [0.1, 0.15) is 204 Å². The lowest BCUT2D eigenvalue weighted by molar-refractivity contribution is -0.138. The van der Waals surface area contributed by atoms with E-state index in [-0.39, 0.29) is 30.8 Å². The van der Waals surface area contributed by atoms with E-state index in [0.717, 1.165) is 39.1 Å². The first-order chi connectivity index (χ1) is 32.5. The highest BCUT2D eigenvalue weighted by atomic mass is 35.5. The molecule has 390 valence electrons. The Morgan fingerprint density at radius 1 is 0.493 bits per heavy atom. The molecule has 0 saturated heterocycles. The molecule has 0 aliphatic heterocycles. The summed E-state index contributed by atoms with van der Waals surface area (Å²) in [5.74, 6) is 3.44. The number of hydrogen-bond donors (Lipinski definition) is 0.